The summed E-state index contributed by atoms with van der Waals surface area (Å²) in [6.07, 6.45) is 5.49. The summed E-state index contributed by atoms with van der Waals surface area (Å²) in [6.45, 7) is 4.45. The van der Waals surface area contributed by atoms with Crippen molar-refractivity contribution in [2.24, 2.45) is 0 Å². The molecule has 6 nitrogen and oxygen atoms in total. The van der Waals surface area contributed by atoms with Crippen LogP contribution in [0.25, 0.3) is 6.08 Å². The summed E-state index contributed by atoms with van der Waals surface area (Å²) in [6, 6.07) is 13.3. The first-order valence-corrected chi connectivity index (χ1v) is 10.6. The molecule has 0 saturated heterocycles. The quantitative estimate of drug-likeness (QED) is 0.619. The first-order valence-electron chi connectivity index (χ1n) is 10.6. The van der Waals surface area contributed by atoms with Crippen LogP contribution in [0, 0.1) is 0 Å². The topological polar surface area (TPSA) is 67.9 Å². The fourth-order valence-corrected chi connectivity index (χ4v) is 3.28. The number of hydrogen-bond acceptors (Lipinski definition) is 4. The molecule has 0 radical (unpaired) electrons. The first kappa shape index (κ1) is 22.4. The van der Waals surface area contributed by atoms with Crippen LogP contribution in [0.3, 0.4) is 0 Å². The molecule has 1 N–H and O–H groups in total. The van der Waals surface area contributed by atoms with Gasteiger partial charge in [-0.2, -0.15) is 0 Å². The van der Waals surface area contributed by atoms with Crippen LogP contribution in [0.2, 0.25) is 0 Å². The highest BCUT2D eigenvalue weighted by molar-refractivity contribution is 5.94. The molecular weight excluding hydrogens is 392 g/mol. The number of methoxy groups -OCH3 is 1. The Morgan fingerprint density at radius 1 is 1.13 bits per heavy atom. The Morgan fingerprint density at radius 2 is 1.84 bits per heavy atom. The zero-order valence-corrected chi connectivity index (χ0v) is 18.6. The van der Waals surface area contributed by atoms with Gasteiger partial charge in [-0.05, 0) is 68.2 Å². The summed E-state index contributed by atoms with van der Waals surface area (Å²) in [7, 11) is 3.21. The highest BCUT2D eigenvalue weighted by Crippen LogP contribution is 2.31. The number of amides is 2. The molecule has 3 rings (SSSR count). The lowest BCUT2D eigenvalue weighted by Crippen LogP contribution is -2.31. The average molecular weight is 423 g/mol. The molecule has 1 fully saturated rings. The average Bonchev–Trinajstić information content (AvgIpc) is 3.61. The fourth-order valence-electron chi connectivity index (χ4n) is 3.28. The van der Waals surface area contributed by atoms with Gasteiger partial charge >= 0.3 is 0 Å². The van der Waals surface area contributed by atoms with Crippen molar-refractivity contribution in [1.29, 1.82) is 0 Å². The van der Waals surface area contributed by atoms with Gasteiger partial charge in [0.2, 0.25) is 5.91 Å². The molecule has 6 heteroatoms. The van der Waals surface area contributed by atoms with Crippen molar-refractivity contribution in [2.75, 3.05) is 14.2 Å². The molecule has 2 amide bonds. The van der Waals surface area contributed by atoms with E-state index in [9.17, 15) is 9.59 Å². The minimum Gasteiger partial charge on any atom is -0.493 e. The number of nitrogens with zero attached hydrogens (tertiary/aromatic N) is 1. The van der Waals surface area contributed by atoms with E-state index in [0.717, 1.165) is 24.0 Å². The number of nitrogens with one attached hydrogen (secondary N) is 1. The summed E-state index contributed by atoms with van der Waals surface area (Å²) in [4.78, 5) is 26.5. The van der Waals surface area contributed by atoms with Gasteiger partial charge < -0.3 is 19.7 Å². The molecule has 2 aromatic carbocycles. The Bertz CT molecular complexity index is 946. The Labute approximate surface area is 183 Å². The molecule has 31 heavy (non-hydrogen) atoms. The van der Waals surface area contributed by atoms with E-state index in [2.05, 4.69) is 5.32 Å². The van der Waals surface area contributed by atoms with Crippen LogP contribution in [-0.4, -0.2) is 43.0 Å². The predicted octanol–water partition coefficient (Wildman–Crippen LogP) is 4.05. The largest absolute Gasteiger partial charge is 0.493 e. The van der Waals surface area contributed by atoms with Gasteiger partial charge in [0.15, 0.2) is 11.5 Å². The van der Waals surface area contributed by atoms with Crippen molar-refractivity contribution in [3.05, 3.63) is 65.2 Å². The molecule has 0 unspecified atom stereocenters. The van der Waals surface area contributed by atoms with Gasteiger partial charge in [0.1, 0.15) is 0 Å². The van der Waals surface area contributed by atoms with Gasteiger partial charge in [-0.3, -0.25) is 9.59 Å². The lowest BCUT2D eigenvalue weighted by Gasteiger charge is -2.21. The van der Waals surface area contributed by atoms with E-state index < -0.39 is 0 Å². The van der Waals surface area contributed by atoms with Crippen molar-refractivity contribution >= 4 is 17.9 Å². The third-order valence-corrected chi connectivity index (χ3v) is 5.04. The Hall–Kier alpha value is -3.28. The lowest BCUT2D eigenvalue weighted by molar-refractivity contribution is -0.127. The second-order valence-electron chi connectivity index (χ2n) is 7.88. The van der Waals surface area contributed by atoms with Crippen molar-refractivity contribution in [2.45, 2.75) is 45.4 Å². The second kappa shape index (κ2) is 10.2. The summed E-state index contributed by atoms with van der Waals surface area (Å²) >= 11 is 0. The summed E-state index contributed by atoms with van der Waals surface area (Å²) in [5, 5.41) is 2.61. The molecule has 0 aromatic heterocycles. The van der Waals surface area contributed by atoms with Crippen LogP contribution in [0.15, 0.2) is 48.5 Å². The highest BCUT2D eigenvalue weighted by atomic mass is 16.5. The molecule has 0 aliphatic heterocycles. The van der Waals surface area contributed by atoms with Crippen molar-refractivity contribution in [3.8, 4) is 11.5 Å². The zero-order chi connectivity index (χ0) is 22.4. The molecule has 0 atom stereocenters. The van der Waals surface area contributed by atoms with Crippen molar-refractivity contribution in [1.82, 2.24) is 10.2 Å². The fraction of sp³-hybridized carbons (Fsp3) is 0.360. The maximum Gasteiger partial charge on any atom is 0.251 e. The van der Waals surface area contributed by atoms with E-state index in [1.807, 2.05) is 49.1 Å². The summed E-state index contributed by atoms with van der Waals surface area (Å²) < 4.78 is 11.2. The van der Waals surface area contributed by atoms with Gasteiger partial charge in [0.25, 0.3) is 5.91 Å². The maximum atomic E-state index is 12.9. The molecule has 0 heterocycles. The second-order valence-corrected chi connectivity index (χ2v) is 7.88. The van der Waals surface area contributed by atoms with E-state index in [4.69, 9.17) is 9.47 Å². The van der Waals surface area contributed by atoms with Gasteiger partial charge in [-0.1, -0.05) is 18.2 Å². The third-order valence-electron chi connectivity index (χ3n) is 5.04. The number of hydrogen-bond donors (Lipinski definition) is 1. The van der Waals surface area contributed by atoms with Crippen LogP contribution >= 0.6 is 0 Å². The third kappa shape index (κ3) is 6.10. The Kier molecular flexibility index (Phi) is 7.34. The number of benzene rings is 2. The molecule has 2 aromatic rings. The molecule has 164 valence electrons. The molecule has 1 aliphatic carbocycles. The molecular formula is C25H30N2O4. The Balaban J connectivity index is 1.69. The minimum atomic E-state index is -0.121. The van der Waals surface area contributed by atoms with Crippen molar-refractivity contribution in [3.63, 3.8) is 0 Å². The summed E-state index contributed by atoms with van der Waals surface area (Å²) in [5.41, 5.74) is 2.47. The van der Waals surface area contributed by atoms with E-state index >= 15 is 0 Å². The summed E-state index contributed by atoms with van der Waals surface area (Å²) in [5.74, 6) is 1.17. The van der Waals surface area contributed by atoms with Crippen LogP contribution in [-0.2, 0) is 11.3 Å². The highest BCUT2D eigenvalue weighted by Gasteiger charge is 2.31. The van der Waals surface area contributed by atoms with Gasteiger partial charge in [-0.15, -0.1) is 0 Å². The van der Waals surface area contributed by atoms with E-state index in [1.165, 1.54) is 0 Å². The van der Waals surface area contributed by atoms with Crippen LogP contribution in [0.5, 0.6) is 11.5 Å². The van der Waals surface area contributed by atoms with Gasteiger partial charge in [-0.25, -0.2) is 0 Å². The van der Waals surface area contributed by atoms with E-state index in [-0.39, 0.29) is 24.0 Å². The van der Waals surface area contributed by atoms with Crippen molar-refractivity contribution < 1.29 is 19.1 Å². The van der Waals surface area contributed by atoms with Crippen LogP contribution < -0.4 is 14.8 Å². The lowest BCUT2D eigenvalue weighted by atomic mass is 10.1. The Morgan fingerprint density at radius 3 is 2.42 bits per heavy atom. The van der Waals surface area contributed by atoms with Crippen LogP contribution in [0.4, 0.5) is 0 Å². The number of rotatable bonds is 9. The standard InChI is InChI=1S/C25H30N2O4/c1-17(2)31-22-13-7-18(15-23(22)30-4)8-14-24(28)27(21-11-12-21)16-19-5-9-20(10-6-19)25(29)26-3/h5-10,13-15,17,21H,11-12,16H2,1-4H3,(H,26,29)/b14-8+. The SMILES string of the molecule is CNC(=O)c1ccc(CN(C(=O)/C=C/c2ccc(OC(C)C)c(OC)c2)C2CC2)cc1. The predicted molar refractivity (Wildman–Crippen MR) is 121 cm³/mol. The number of ether oxygens (including phenoxy) is 2. The maximum absolute atomic E-state index is 12.9. The van der Waals surface area contributed by atoms with Gasteiger partial charge in [0, 0.05) is 31.3 Å². The monoisotopic (exact) mass is 422 g/mol. The molecule has 1 saturated carbocycles. The van der Waals surface area contributed by atoms with Crippen LogP contribution in [0.1, 0.15) is 48.2 Å². The number of carbonyl (C=O) groups is 2. The number of carbonyl (C=O) groups excluding carboxylic acids is 2. The molecule has 0 spiro atoms. The first-order chi connectivity index (χ1) is 14.9. The zero-order valence-electron chi connectivity index (χ0n) is 18.6. The normalized spacial score (nSPS) is 13.3. The van der Waals surface area contributed by atoms with E-state index in [0.29, 0.717) is 23.6 Å². The van der Waals surface area contributed by atoms with E-state index in [1.54, 1.807) is 38.4 Å². The van der Waals surface area contributed by atoms with Gasteiger partial charge in [0.05, 0.1) is 13.2 Å². The minimum absolute atomic E-state index is 0.0284. The molecule has 1 aliphatic rings. The smallest absolute Gasteiger partial charge is 0.251 e. The molecule has 0 bridgehead atoms.